The minimum absolute atomic E-state index is 0.0196. The van der Waals surface area contributed by atoms with Crippen LogP contribution in [0.2, 0.25) is 0 Å². The van der Waals surface area contributed by atoms with Crippen molar-refractivity contribution in [2.45, 2.75) is 83.7 Å². The van der Waals surface area contributed by atoms with Crippen LogP contribution in [-0.2, 0) is 20.4 Å². The Morgan fingerprint density at radius 3 is 2.26 bits per heavy atom. The number of nitrogens with one attached hydrogen (secondary N) is 2. The van der Waals surface area contributed by atoms with E-state index in [0.29, 0.717) is 5.69 Å². The molecule has 3 N–H and O–H groups in total. The lowest BCUT2D eigenvalue weighted by atomic mass is 9.85. The van der Waals surface area contributed by atoms with E-state index in [-0.39, 0.29) is 39.6 Å². The monoisotopic (exact) mass is 506 g/mol. The maximum atomic E-state index is 13.4. The number of carboxylic acids is 1. The van der Waals surface area contributed by atoms with E-state index in [0.717, 1.165) is 19.3 Å². The third kappa shape index (κ3) is 6.02. The molecule has 1 fully saturated rings. The molecule has 0 unspecified atom stereocenters. The molecule has 1 heterocycles. The van der Waals surface area contributed by atoms with E-state index < -0.39 is 27.1 Å². The van der Waals surface area contributed by atoms with Gasteiger partial charge in [0.2, 0.25) is 21.8 Å². The Morgan fingerprint density at radius 1 is 1.14 bits per heavy atom. The van der Waals surface area contributed by atoms with Gasteiger partial charge >= 0.3 is 5.97 Å². The van der Waals surface area contributed by atoms with Crippen LogP contribution >= 0.6 is 0 Å². The molecule has 1 aromatic carbocycles. The molecule has 192 valence electrons. The van der Waals surface area contributed by atoms with Gasteiger partial charge < -0.3 is 15.2 Å². The zero-order valence-electron chi connectivity index (χ0n) is 21.2. The number of hydrogen-bond acceptors (Lipinski definition) is 6. The molecule has 0 spiro atoms. The maximum Gasteiger partial charge on any atom is 0.356 e. The van der Waals surface area contributed by atoms with Crippen LogP contribution in [0, 0.1) is 12.8 Å². The summed E-state index contributed by atoms with van der Waals surface area (Å²) >= 11 is 0. The molecule has 0 bridgehead atoms. The molecule has 0 radical (unpaired) electrons. The number of amides is 1. The van der Waals surface area contributed by atoms with Crippen molar-refractivity contribution in [3.05, 3.63) is 29.5 Å². The lowest BCUT2D eigenvalue weighted by molar-refractivity contribution is -0.122. The Labute approximate surface area is 206 Å². The topological polar surface area (TPSA) is 140 Å². The highest BCUT2D eigenvalue weighted by atomic mass is 32.2. The van der Waals surface area contributed by atoms with E-state index in [1.165, 1.54) is 16.8 Å². The fourth-order valence-corrected chi connectivity index (χ4v) is 5.19. The van der Waals surface area contributed by atoms with Crippen LogP contribution in [0.5, 0.6) is 11.6 Å². The lowest BCUT2D eigenvalue weighted by Gasteiger charge is -2.25. The van der Waals surface area contributed by atoms with E-state index in [9.17, 15) is 23.1 Å². The molecule has 10 nitrogen and oxygen atoms in total. The first-order chi connectivity index (χ1) is 16.0. The van der Waals surface area contributed by atoms with Crippen molar-refractivity contribution in [2.75, 3.05) is 5.32 Å². The average molecular weight is 507 g/mol. The van der Waals surface area contributed by atoms with Gasteiger partial charge in [0.15, 0.2) is 5.69 Å². The Bertz CT molecular complexity index is 1250. The van der Waals surface area contributed by atoms with Crippen LogP contribution in [0.3, 0.4) is 0 Å². The fraction of sp³-hybridized carbons (Fsp3) is 0.542. The van der Waals surface area contributed by atoms with E-state index in [2.05, 4.69) is 15.1 Å². The molecule has 1 aliphatic rings. The van der Waals surface area contributed by atoms with Crippen LogP contribution in [0.1, 0.15) is 76.9 Å². The van der Waals surface area contributed by atoms with Gasteiger partial charge in [-0.25, -0.2) is 22.6 Å². The van der Waals surface area contributed by atoms with Gasteiger partial charge in [-0.15, -0.1) is 0 Å². The van der Waals surface area contributed by atoms with Gasteiger partial charge in [-0.3, -0.25) is 4.79 Å². The van der Waals surface area contributed by atoms with Crippen molar-refractivity contribution in [3.63, 3.8) is 0 Å². The summed E-state index contributed by atoms with van der Waals surface area (Å²) in [6.45, 7) is 12.2. The Kier molecular flexibility index (Phi) is 7.07. The summed E-state index contributed by atoms with van der Waals surface area (Å²) in [5.74, 6) is -1.34. The van der Waals surface area contributed by atoms with Crippen molar-refractivity contribution in [3.8, 4) is 11.6 Å². The second-order valence-electron chi connectivity index (χ2n) is 10.9. The summed E-state index contributed by atoms with van der Waals surface area (Å²) in [5, 5.41) is 16.5. The highest BCUT2D eigenvalue weighted by Gasteiger charge is 2.31. The predicted octanol–water partition coefficient (Wildman–Crippen LogP) is 4.25. The first-order valence-corrected chi connectivity index (χ1v) is 13.0. The van der Waals surface area contributed by atoms with E-state index >= 15 is 0 Å². The summed E-state index contributed by atoms with van der Waals surface area (Å²) in [7, 11) is -4.08. The van der Waals surface area contributed by atoms with Gasteiger partial charge in [-0.05, 0) is 79.5 Å². The molecule has 3 rings (SSSR count). The summed E-state index contributed by atoms with van der Waals surface area (Å²) in [4.78, 5) is 24.0. The molecular weight excluding hydrogens is 472 g/mol. The van der Waals surface area contributed by atoms with Crippen molar-refractivity contribution in [1.82, 2.24) is 14.5 Å². The maximum absolute atomic E-state index is 13.4. The molecule has 11 heteroatoms. The number of benzene rings is 1. The molecule has 1 aliphatic carbocycles. The quantitative estimate of drug-likeness (QED) is 0.510. The number of aromatic carboxylic acids is 1. The first-order valence-electron chi connectivity index (χ1n) is 11.5. The highest BCUT2D eigenvalue weighted by molar-refractivity contribution is 7.89. The molecule has 2 aromatic rings. The standard InChI is InChI=1S/C24H34N4O6S/c1-14-19(22(30)31)26-28(24(5,6)7)21(14)34-17-12-11-16(25-20(29)15-9-8-10-15)13-18(17)35(32,33)27-23(2,3)4/h11-13,15,27H,8-10H2,1-7H3,(H,25,29)(H,30,31). The third-order valence-electron chi connectivity index (χ3n) is 5.53. The van der Waals surface area contributed by atoms with Gasteiger partial charge in [0.05, 0.1) is 5.54 Å². The number of rotatable bonds is 7. The number of hydrogen-bond donors (Lipinski definition) is 3. The number of carboxylic acid groups (broad SMARTS) is 1. The smallest absolute Gasteiger partial charge is 0.356 e. The van der Waals surface area contributed by atoms with E-state index in [1.54, 1.807) is 33.8 Å². The number of carbonyl (C=O) groups is 2. The second-order valence-corrected chi connectivity index (χ2v) is 12.6. The van der Waals surface area contributed by atoms with Crippen molar-refractivity contribution in [1.29, 1.82) is 0 Å². The largest absolute Gasteiger partial charge is 0.476 e. The van der Waals surface area contributed by atoms with Gasteiger partial charge in [-0.2, -0.15) is 5.10 Å². The molecule has 0 saturated heterocycles. The minimum atomic E-state index is -4.08. The summed E-state index contributed by atoms with van der Waals surface area (Å²) < 4.78 is 36.8. The first kappa shape index (κ1) is 26.7. The molecule has 1 amide bonds. The Balaban J connectivity index is 2.11. The summed E-state index contributed by atoms with van der Waals surface area (Å²) in [6.07, 6.45) is 2.62. The highest BCUT2D eigenvalue weighted by Crippen LogP contribution is 2.37. The van der Waals surface area contributed by atoms with Crippen LogP contribution in [0.4, 0.5) is 5.69 Å². The Hall–Kier alpha value is -2.92. The van der Waals surface area contributed by atoms with Gasteiger partial charge in [-0.1, -0.05) is 6.42 Å². The minimum Gasteiger partial charge on any atom is -0.476 e. The third-order valence-corrected chi connectivity index (χ3v) is 7.31. The van der Waals surface area contributed by atoms with Crippen molar-refractivity contribution >= 4 is 27.6 Å². The molecule has 1 saturated carbocycles. The number of sulfonamides is 1. The Morgan fingerprint density at radius 2 is 1.77 bits per heavy atom. The number of anilines is 1. The average Bonchev–Trinajstić information content (AvgIpc) is 2.96. The SMILES string of the molecule is Cc1c(C(=O)O)nn(C(C)(C)C)c1Oc1ccc(NC(=O)C2CCC2)cc1S(=O)(=O)NC(C)(C)C. The van der Waals surface area contributed by atoms with E-state index in [1.807, 2.05) is 20.8 Å². The summed E-state index contributed by atoms with van der Waals surface area (Å²) in [5.41, 5.74) is -1.01. The lowest BCUT2D eigenvalue weighted by Crippen LogP contribution is -2.40. The molecule has 1 aromatic heterocycles. The van der Waals surface area contributed by atoms with Crippen LogP contribution in [-0.4, -0.2) is 40.7 Å². The normalized spacial score (nSPS) is 14.9. The zero-order valence-corrected chi connectivity index (χ0v) is 22.0. The molecule has 0 atom stereocenters. The van der Waals surface area contributed by atoms with Crippen LogP contribution < -0.4 is 14.8 Å². The van der Waals surface area contributed by atoms with Crippen molar-refractivity contribution in [2.24, 2.45) is 5.92 Å². The molecular formula is C24H34N4O6S. The van der Waals surface area contributed by atoms with Gasteiger partial charge in [0.1, 0.15) is 10.6 Å². The predicted molar refractivity (Wildman–Crippen MR) is 131 cm³/mol. The zero-order chi connectivity index (χ0) is 26.3. The van der Waals surface area contributed by atoms with Crippen LogP contribution in [0.25, 0.3) is 0 Å². The van der Waals surface area contributed by atoms with Gasteiger partial charge in [0, 0.05) is 22.7 Å². The van der Waals surface area contributed by atoms with E-state index in [4.69, 9.17) is 4.74 Å². The van der Waals surface area contributed by atoms with Gasteiger partial charge in [0.25, 0.3) is 0 Å². The number of carbonyl (C=O) groups excluding carboxylic acids is 1. The van der Waals surface area contributed by atoms with Crippen molar-refractivity contribution < 1.29 is 27.9 Å². The second kappa shape index (κ2) is 9.27. The number of aromatic nitrogens is 2. The number of ether oxygens (including phenoxy) is 1. The number of nitrogens with zero attached hydrogens (tertiary/aromatic N) is 2. The van der Waals surface area contributed by atoms with Crippen LogP contribution in [0.15, 0.2) is 23.1 Å². The molecule has 0 aliphatic heterocycles. The molecule has 35 heavy (non-hydrogen) atoms. The fourth-order valence-electron chi connectivity index (χ4n) is 3.62. The summed E-state index contributed by atoms with van der Waals surface area (Å²) in [6, 6.07) is 4.37.